The van der Waals surface area contributed by atoms with Crippen molar-refractivity contribution in [1.82, 2.24) is 10.6 Å². The molecule has 3 N–H and O–H groups in total. The molecule has 1 saturated heterocycles. The first-order chi connectivity index (χ1) is 12.2. The average Bonchev–Trinajstić information content (AvgIpc) is 3.17. The topological polar surface area (TPSA) is 83.4 Å². The number of benzene rings is 1. The number of hydrogen-bond donors (Lipinski definition) is 3. The van der Waals surface area contributed by atoms with Crippen LogP contribution in [0.1, 0.15) is 35.4 Å². The monoisotopic (exact) mass is 341 g/mol. The lowest BCUT2D eigenvalue weighted by molar-refractivity contribution is -0.122. The van der Waals surface area contributed by atoms with Crippen LogP contribution < -0.4 is 16.0 Å². The molecule has 0 aliphatic carbocycles. The summed E-state index contributed by atoms with van der Waals surface area (Å²) in [5.74, 6) is 0.574. The first-order valence-electron chi connectivity index (χ1n) is 8.62. The van der Waals surface area contributed by atoms with Crippen molar-refractivity contribution >= 4 is 17.5 Å². The molecule has 0 radical (unpaired) electrons. The SMILES string of the molecule is O=C(CC1CCNCC1)NCc1ccc(NC(=O)c2ccco2)cc1. The first kappa shape index (κ1) is 17.2. The fraction of sp³-hybridized carbons (Fsp3) is 0.368. The van der Waals surface area contributed by atoms with Crippen LogP contribution in [0.4, 0.5) is 5.69 Å². The van der Waals surface area contributed by atoms with Gasteiger partial charge >= 0.3 is 0 Å². The molecule has 2 amide bonds. The van der Waals surface area contributed by atoms with Crippen LogP contribution in [-0.2, 0) is 11.3 Å². The van der Waals surface area contributed by atoms with E-state index in [1.54, 1.807) is 12.1 Å². The zero-order valence-electron chi connectivity index (χ0n) is 14.1. The van der Waals surface area contributed by atoms with Gasteiger partial charge in [0.15, 0.2) is 5.76 Å². The lowest BCUT2D eigenvalue weighted by Crippen LogP contribution is -2.32. The van der Waals surface area contributed by atoms with Gasteiger partial charge in [0.25, 0.3) is 5.91 Å². The van der Waals surface area contributed by atoms with Crippen molar-refractivity contribution in [2.24, 2.45) is 5.92 Å². The largest absolute Gasteiger partial charge is 0.459 e. The molecule has 0 unspecified atom stereocenters. The highest BCUT2D eigenvalue weighted by atomic mass is 16.3. The number of piperidine rings is 1. The molecule has 1 aliphatic heterocycles. The second kappa shape index (κ2) is 8.48. The third kappa shape index (κ3) is 5.19. The predicted molar refractivity (Wildman–Crippen MR) is 95.2 cm³/mol. The van der Waals surface area contributed by atoms with Gasteiger partial charge < -0.3 is 20.4 Å². The van der Waals surface area contributed by atoms with Gasteiger partial charge in [0, 0.05) is 18.7 Å². The van der Waals surface area contributed by atoms with E-state index in [1.165, 1.54) is 6.26 Å². The molecule has 0 saturated carbocycles. The van der Waals surface area contributed by atoms with Gasteiger partial charge in [0.2, 0.25) is 5.91 Å². The first-order valence-corrected chi connectivity index (χ1v) is 8.62. The van der Waals surface area contributed by atoms with Gasteiger partial charge in [-0.3, -0.25) is 9.59 Å². The summed E-state index contributed by atoms with van der Waals surface area (Å²) in [6, 6.07) is 10.7. The Morgan fingerprint density at radius 2 is 1.88 bits per heavy atom. The second-order valence-corrected chi connectivity index (χ2v) is 6.30. The van der Waals surface area contributed by atoms with Crippen molar-refractivity contribution in [2.75, 3.05) is 18.4 Å². The van der Waals surface area contributed by atoms with Crippen LogP contribution in [0.2, 0.25) is 0 Å². The van der Waals surface area contributed by atoms with E-state index in [0.717, 1.165) is 31.5 Å². The van der Waals surface area contributed by atoms with Crippen LogP contribution in [0.15, 0.2) is 47.1 Å². The van der Waals surface area contributed by atoms with Crippen molar-refractivity contribution in [3.8, 4) is 0 Å². The third-order valence-corrected chi connectivity index (χ3v) is 4.38. The molecule has 0 atom stereocenters. The number of rotatable bonds is 6. The number of carbonyl (C=O) groups is 2. The Bertz CT molecular complexity index is 689. The maximum absolute atomic E-state index is 12.0. The molecule has 6 nitrogen and oxygen atoms in total. The molecule has 1 aliphatic rings. The quantitative estimate of drug-likeness (QED) is 0.754. The molecular weight excluding hydrogens is 318 g/mol. The predicted octanol–water partition coefficient (Wildman–Crippen LogP) is 2.54. The molecule has 1 fully saturated rings. The summed E-state index contributed by atoms with van der Waals surface area (Å²) < 4.78 is 5.05. The Balaban J connectivity index is 1.44. The summed E-state index contributed by atoms with van der Waals surface area (Å²) in [6.07, 6.45) is 4.19. The Kier molecular flexibility index (Phi) is 5.85. The van der Waals surface area contributed by atoms with Crippen molar-refractivity contribution in [3.63, 3.8) is 0 Å². The van der Waals surface area contributed by atoms with Crippen LogP contribution in [0.25, 0.3) is 0 Å². The fourth-order valence-corrected chi connectivity index (χ4v) is 2.93. The number of furan rings is 1. The zero-order valence-corrected chi connectivity index (χ0v) is 14.1. The Morgan fingerprint density at radius 1 is 1.12 bits per heavy atom. The number of anilines is 1. The van der Waals surface area contributed by atoms with E-state index in [0.29, 0.717) is 24.6 Å². The molecule has 2 aromatic rings. The Morgan fingerprint density at radius 3 is 2.56 bits per heavy atom. The number of carbonyl (C=O) groups excluding carboxylic acids is 2. The second-order valence-electron chi connectivity index (χ2n) is 6.30. The van der Waals surface area contributed by atoms with Crippen LogP contribution >= 0.6 is 0 Å². The van der Waals surface area contributed by atoms with E-state index in [1.807, 2.05) is 24.3 Å². The van der Waals surface area contributed by atoms with E-state index in [-0.39, 0.29) is 17.6 Å². The number of nitrogens with one attached hydrogen (secondary N) is 3. The minimum Gasteiger partial charge on any atom is -0.459 e. The van der Waals surface area contributed by atoms with Gasteiger partial charge in [-0.15, -0.1) is 0 Å². The van der Waals surface area contributed by atoms with Crippen molar-refractivity contribution in [3.05, 3.63) is 54.0 Å². The smallest absolute Gasteiger partial charge is 0.291 e. The molecule has 0 spiro atoms. The highest BCUT2D eigenvalue weighted by molar-refractivity contribution is 6.02. The lowest BCUT2D eigenvalue weighted by Gasteiger charge is -2.21. The maximum atomic E-state index is 12.0. The van der Waals surface area contributed by atoms with E-state index in [9.17, 15) is 9.59 Å². The van der Waals surface area contributed by atoms with Gasteiger partial charge in [-0.2, -0.15) is 0 Å². The molecule has 2 heterocycles. The van der Waals surface area contributed by atoms with Crippen molar-refractivity contribution in [1.29, 1.82) is 0 Å². The Hall–Kier alpha value is -2.60. The zero-order chi connectivity index (χ0) is 17.5. The average molecular weight is 341 g/mol. The molecule has 132 valence electrons. The lowest BCUT2D eigenvalue weighted by atomic mass is 9.94. The Labute approximate surface area is 147 Å². The highest BCUT2D eigenvalue weighted by Gasteiger charge is 2.16. The van der Waals surface area contributed by atoms with Crippen LogP contribution in [-0.4, -0.2) is 24.9 Å². The van der Waals surface area contributed by atoms with Gasteiger partial charge in [-0.25, -0.2) is 0 Å². The molecule has 1 aromatic carbocycles. The summed E-state index contributed by atoms with van der Waals surface area (Å²) in [5.41, 5.74) is 1.68. The summed E-state index contributed by atoms with van der Waals surface area (Å²) in [5, 5.41) is 9.04. The number of amides is 2. The summed E-state index contributed by atoms with van der Waals surface area (Å²) in [4.78, 5) is 23.9. The van der Waals surface area contributed by atoms with Crippen molar-refractivity contribution in [2.45, 2.75) is 25.8 Å². The van der Waals surface area contributed by atoms with Crippen LogP contribution in [0, 0.1) is 5.92 Å². The summed E-state index contributed by atoms with van der Waals surface area (Å²) in [6.45, 7) is 2.50. The molecule has 25 heavy (non-hydrogen) atoms. The normalized spacial score (nSPS) is 14.9. The van der Waals surface area contributed by atoms with E-state index >= 15 is 0 Å². The maximum Gasteiger partial charge on any atom is 0.291 e. The fourth-order valence-electron chi connectivity index (χ4n) is 2.93. The van der Waals surface area contributed by atoms with Gasteiger partial charge in [0.1, 0.15) is 0 Å². The van der Waals surface area contributed by atoms with Crippen LogP contribution in [0.5, 0.6) is 0 Å². The standard InChI is InChI=1S/C19H23N3O3/c23-18(12-14-7-9-20-10-8-14)21-13-15-3-5-16(6-4-15)22-19(24)17-2-1-11-25-17/h1-6,11,14,20H,7-10,12-13H2,(H,21,23)(H,22,24). The van der Waals surface area contributed by atoms with E-state index in [2.05, 4.69) is 16.0 Å². The van der Waals surface area contributed by atoms with Crippen molar-refractivity contribution < 1.29 is 14.0 Å². The van der Waals surface area contributed by atoms with E-state index in [4.69, 9.17) is 4.42 Å². The van der Waals surface area contributed by atoms with Gasteiger partial charge in [-0.05, 0) is 61.7 Å². The molecule has 1 aromatic heterocycles. The van der Waals surface area contributed by atoms with Crippen LogP contribution in [0.3, 0.4) is 0 Å². The summed E-state index contributed by atoms with van der Waals surface area (Å²) >= 11 is 0. The molecular formula is C19H23N3O3. The molecule has 6 heteroatoms. The number of hydrogen-bond acceptors (Lipinski definition) is 4. The molecule has 3 rings (SSSR count). The molecule has 0 bridgehead atoms. The highest BCUT2D eigenvalue weighted by Crippen LogP contribution is 2.16. The van der Waals surface area contributed by atoms with E-state index < -0.39 is 0 Å². The minimum absolute atomic E-state index is 0.0992. The summed E-state index contributed by atoms with van der Waals surface area (Å²) in [7, 11) is 0. The van der Waals surface area contributed by atoms with Gasteiger partial charge in [-0.1, -0.05) is 12.1 Å². The minimum atomic E-state index is -0.284. The van der Waals surface area contributed by atoms with Gasteiger partial charge in [0.05, 0.1) is 6.26 Å². The third-order valence-electron chi connectivity index (χ3n) is 4.38.